The van der Waals surface area contributed by atoms with Gasteiger partial charge in [0.1, 0.15) is 35.3 Å². The lowest BCUT2D eigenvalue weighted by molar-refractivity contribution is -0.151. The molecule has 0 saturated carbocycles. The molecule has 2 atom stereocenters. The van der Waals surface area contributed by atoms with Gasteiger partial charge in [-0.1, -0.05) is 12.1 Å². The van der Waals surface area contributed by atoms with E-state index in [9.17, 15) is 23.2 Å². The fourth-order valence-electron chi connectivity index (χ4n) is 4.30. The van der Waals surface area contributed by atoms with E-state index in [0.717, 1.165) is 0 Å². The highest BCUT2D eigenvalue weighted by Gasteiger charge is 2.32. The summed E-state index contributed by atoms with van der Waals surface area (Å²) in [6, 6.07) is 8.01. The van der Waals surface area contributed by atoms with Gasteiger partial charge in [0.25, 0.3) is 5.91 Å². The Hall–Kier alpha value is -4.94. The van der Waals surface area contributed by atoms with Crippen molar-refractivity contribution in [3.63, 3.8) is 0 Å². The van der Waals surface area contributed by atoms with Gasteiger partial charge in [0.05, 0.1) is 27.2 Å². The predicted molar refractivity (Wildman–Crippen MR) is 148 cm³/mol. The minimum absolute atomic E-state index is 0.107. The fourth-order valence-corrected chi connectivity index (χ4v) is 4.30. The van der Waals surface area contributed by atoms with Gasteiger partial charge < -0.3 is 33.7 Å². The van der Waals surface area contributed by atoms with Gasteiger partial charge in [-0.3, -0.25) is 9.59 Å². The number of carbonyl (C=O) groups is 3. The number of ether oxygens (including phenoxy) is 6. The van der Waals surface area contributed by atoms with Gasteiger partial charge in [0.15, 0.2) is 17.2 Å². The Balaban J connectivity index is 1.87. The van der Waals surface area contributed by atoms with E-state index in [1.54, 1.807) is 6.92 Å². The van der Waals surface area contributed by atoms with Crippen LogP contribution in [0.2, 0.25) is 0 Å². The molecule has 0 aliphatic heterocycles. The molecule has 1 amide bonds. The molecule has 3 aromatic rings. The summed E-state index contributed by atoms with van der Waals surface area (Å²) in [5.74, 6) is -3.73. The van der Waals surface area contributed by atoms with E-state index in [1.165, 1.54) is 83.8 Å². The summed E-state index contributed by atoms with van der Waals surface area (Å²) in [5.41, 5.74) is 0.658. The summed E-state index contributed by atoms with van der Waals surface area (Å²) in [4.78, 5) is 41.5. The molecule has 0 aliphatic carbocycles. The minimum Gasteiger partial charge on any atom is -0.496 e. The molecule has 0 saturated heterocycles. The fraction of sp³-hybridized carbons (Fsp3) is 0.333. The van der Waals surface area contributed by atoms with E-state index in [1.807, 2.05) is 0 Å². The highest BCUT2D eigenvalue weighted by Crippen LogP contribution is 2.40. The Kier molecular flexibility index (Phi) is 11.2. The number of hydrogen-bond donors (Lipinski definition) is 1. The van der Waals surface area contributed by atoms with Crippen molar-refractivity contribution in [1.82, 2.24) is 10.3 Å². The second-order valence-electron chi connectivity index (χ2n) is 9.18. The Bertz CT molecular complexity index is 1410. The van der Waals surface area contributed by atoms with Crippen LogP contribution in [0.4, 0.5) is 8.78 Å². The maximum absolute atomic E-state index is 14.0. The van der Waals surface area contributed by atoms with Crippen LogP contribution >= 0.6 is 0 Å². The summed E-state index contributed by atoms with van der Waals surface area (Å²) < 4.78 is 60.0. The largest absolute Gasteiger partial charge is 0.496 e. The first-order valence-corrected chi connectivity index (χ1v) is 13.0. The molecule has 13 heteroatoms. The topological polar surface area (TPSA) is 132 Å². The lowest BCUT2D eigenvalue weighted by Crippen LogP contribution is -2.41. The van der Waals surface area contributed by atoms with Crippen LogP contribution in [0.1, 0.15) is 48.3 Å². The lowest BCUT2D eigenvalue weighted by atomic mass is 9.85. The summed E-state index contributed by atoms with van der Waals surface area (Å²) in [7, 11) is 4.07. The zero-order valence-electron chi connectivity index (χ0n) is 24.4. The molecule has 11 nitrogen and oxygen atoms in total. The Morgan fingerprint density at radius 3 is 1.93 bits per heavy atom. The number of aromatic nitrogens is 1. The third-order valence-corrected chi connectivity index (χ3v) is 6.30. The first-order chi connectivity index (χ1) is 20.5. The number of methoxy groups -OCH3 is 3. The van der Waals surface area contributed by atoms with Crippen molar-refractivity contribution in [3.05, 3.63) is 77.1 Å². The van der Waals surface area contributed by atoms with Gasteiger partial charge in [0.2, 0.25) is 6.79 Å². The van der Waals surface area contributed by atoms with Gasteiger partial charge in [-0.05, 0) is 26.0 Å². The minimum atomic E-state index is -1.19. The molecular formula is C30H32F2N2O9. The Morgan fingerprint density at radius 2 is 1.42 bits per heavy atom. The zero-order chi connectivity index (χ0) is 31.7. The maximum atomic E-state index is 14.0. The number of pyridine rings is 1. The summed E-state index contributed by atoms with van der Waals surface area (Å²) in [6.07, 6.45) is 0.358. The van der Waals surface area contributed by atoms with Crippen molar-refractivity contribution >= 4 is 17.8 Å². The third kappa shape index (κ3) is 8.09. The summed E-state index contributed by atoms with van der Waals surface area (Å²) in [5, 5.41) is 2.50. The molecule has 0 spiro atoms. The first-order valence-electron chi connectivity index (χ1n) is 13.0. The normalized spacial score (nSPS) is 12.1. The quantitative estimate of drug-likeness (QED) is 0.225. The van der Waals surface area contributed by atoms with Crippen molar-refractivity contribution in [1.29, 1.82) is 0 Å². The predicted octanol–water partition coefficient (Wildman–Crippen LogP) is 4.17. The van der Waals surface area contributed by atoms with Crippen LogP contribution in [0.15, 0.2) is 48.7 Å². The molecule has 0 fully saturated rings. The van der Waals surface area contributed by atoms with Crippen LogP contribution in [0.5, 0.6) is 23.0 Å². The molecular weight excluding hydrogens is 570 g/mol. The molecule has 0 bridgehead atoms. The SMILES string of the molecule is COc1cc(F)ccc1C(c1ccc(F)cc1OC)[C@H](C)OC(=O)[C@H](C)NC(=O)c1nccc(OC)c1OCOC(C)=O. The van der Waals surface area contributed by atoms with Gasteiger partial charge in [0, 0.05) is 42.4 Å². The monoisotopic (exact) mass is 602 g/mol. The standard InChI is InChI=1S/C30H32F2N2O9/c1-16(34-29(36)27-28(42-15-41-18(3)35)23(38-4)11-12-33-27)30(37)43-17(2)26(21-9-7-19(31)13-24(21)39-5)22-10-8-20(32)14-25(22)40-6/h7-14,16-17,26H,15H2,1-6H3,(H,34,36)/t16-,17-/m0/s1. The summed E-state index contributed by atoms with van der Waals surface area (Å²) >= 11 is 0. The van der Waals surface area contributed by atoms with Crippen molar-refractivity contribution in [2.24, 2.45) is 0 Å². The van der Waals surface area contributed by atoms with E-state index in [2.05, 4.69) is 10.3 Å². The van der Waals surface area contributed by atoms with Crippen molar-refractivity contribution in [3.8, 4) is 23.0 Å². The number of carbonyl (C=O) groups excluding carboxylic acids is 3. The number of benzene rings is 2. The molecule has 2 aromatic carbocycles. The molecule has 0 unspecified atom stereocenters. The Morgan fingerprint density at radius 1 is 0.860 bits per heavy atom. The number of nitrogens with one attached hydrogen (secondary N) is 1. The molecule has 43 heavy (non-hydrogen) atoms. The highest BCUT2D eigenvalue weighted by atomic mass is 19.1. The van der Waals surface area contributed by atoms with Crippen LogP contribution < -0.4 is 24.3 Å². The second kappa shape index (κ2) is 14.8. The van der Waals surface area contributed by atoms with Crippen LogP contribution in [0.25, 0.3) is 0 Å². The highest BCUT2D eigenvalue weighted by molar-refractivity contribution is 5.98. The van der Waals surface area contributed by atoms with Crippen LogP contribution in [-0.2, 0) is 19.1 Å². The van der Waals surface area contributed by atoms with Crippen LogP contribution in [0.3, 0.4) is 0 Å². The molecule has 230 valence electrons. The molecule has 0 radical (unpaired) electrons. The van der Waals surface area contributed by atoms with Crippen LogP contribution in [0, 0.1) is 11.6 Å². The van der Waals surface area contributed by atoms with E-state index in [4.69, 9.17) is 28.4 Å². The number of esters is 2. The van der Waals surface area contributed by atoms with Gasteiger partial charge in [-0.2, -0.15) is 0 Å². The van der Waals surface area contributed by atoms with E-state index >= 15 is 0 Å². The maximum Gasteiger partial charge on any atom is 0.328 e. The smallest absolute Gasteiger partial charge is 0.328 e. The first kappa shape index (κ1) is 32.6. The van der Waals surface area contributed by atoms with Gasteiger partial charge >= 0.3 is 11.9 Å². The average molecular weight is 603 g/mol. The van der Waals surface area contributed by atoms with Crippen LogP contribution in [-0.4, -0.2) is 63.1 Å². The third-order valence-electron chi connectivity index (χ3n) is 6.30. The van der Waals surface area contributed by atoms with E-state index in [-0.39, 0.29) is 28.7 Å². The van der Waals surface area contributed by atoms with Crippen molar-refractivity contribution in [2.75, 3.05) is 28.1 Å². The lowest BCUT2D eigenvalue weighted by Gasteiger charge is -2.28. The van der Waals surface area contributed by atoms with E-state index < -0.39 is 54.3 Å². The number of halogens is 2. The average Bonchev–Trinajstić information content (AvgIpc) is 2.98. The molecule has 1 heterocycles. The Labute approximate surface area is 247 Å². The molecule has 1 N–H and O–H groups in total. The summed E-state index contributed by atoms with van der Waals surface area (Å²) in [6.45, 7) is 3.67. The number of nitrogens with zero attached hydrogens (tertiary/aromatic N) is 1. The van der Waals surface area contributed by atoms with E-state index in [0.29, 0.717) is 11.1 Å². The zero-order valence-corrected chi connectivity index (χ0v) is 24.4. The number of amides is 1. The van der Waals surface area contributed by atoms with Gasteiger partial charge in [-0.15, -0.1) is 0 Å². The second-order valence-corrected chi connectivity index (χ2v) is 9.18. The van der Waals surface area contributed by atoms with Crippen molar-refractivity contribution in [2.45, 2.75) is 38.8 Å². The molecule has 1 aromatic heterocycles. The van der Waals surface area contributed by atoms with Gasteiger partial charge in [-0.25, -0.2) is 18.6 Å². The molecule has 0 aliphatic rings. The van der Waals surface area contributed by atoms with Crippen molar-refractivity contribution < 1.29 is 51.6 Å². The number of rotatable bonds is 13. The molecule has 3 rings (SSSR count). The number of hydrogen-bond acceptors (Lipinski definition) is 10.